The predicted octanol–water partition coefficient (Wildman–Crippen LogP) is 2.21. The molecule has 1 aromatic rings. The number of nitrogens with one attached hydrogen (secondary N) is 2. The van der Waals surface area contributed by atoms with E-state index in [4.69, 9.17) is 18.6 Å². The molecule has 90 valence electrons. The molecule has 0 aliphatic rings. The molecule has 0 radical (unpaired) electrons. The van der Waals surface area contributed by atoms with E-state index in [1.165, 1.54) is 12.1 Å². The molecule has 17 heavy (non-hydrogen) atoms. The van der Waals surface area contributed by atoms with Crippen LogP contribution in [-0.4, -0.2) is 18.3 Å². The van der Waals surface area contributed by atoms with E-state index in [1.54, 1.807) is 12.1 Å². The Kier molecular flexibility index (Phi) is 5.17. The fourth-order valence-corrected chi connectivity index (χ4v) is 1.22. The first-order chi connectivity index (χ1) is 8.11. The topological polar surface area (TPSA) is 33.3 Å². The van der Waals surface area contributed by atoms with Crippen molar-refractivity contribution < 1.29 is 13.5 Å². The maximum atomic E-state index is 11.9. The van der Waals surface area contributed by atoms with Gasteiger partial charge in [0.15, 0.2) is 5.11 Å². The summed E-state index contributed by atoms with van der Waals surface area (Å²) in [4.78, 5) is 0. The van der Waals surface area contributed by atoms with E-state index in [9.17, 15) is 8.78 Å². The third-order valence-electron chi connectivity index (χ3n) is 1.69. The molecule has 0 amide bonds. The van der Waals surface area contributed by atoms with Crippen molar-refractivity contribution in [3.8, 4) is 18.1 Å². The van der Waals surface area contributed by atoms with Gasteiger partial charge in [-0.25, -0.2) is 0 Å². The Bertz CT molecular complexity index is 414. The van der Waals surface area contributed by atoms with Crippen molar-refractivity contribution in [1.29, 1.82) is 0 Å². The van der Waals surface area contributed by atoms with Gasteiger partial charge >= 0.3 is 6.61 Å². The summed E-state index contributed by atoms with van der Waals surface area (Å²) in [7, 11) is 0. The maximum absolute atomic E-state index is 11.9. The molecule has 0 heterocycles. The zero-order valence-corrected chi connectivity index (χ0v) is 9.56. The molecule has 0 saturated heterocycles. The van der Waals surface area contributed by atoms with E-state index in [1.807, 2.05) is 0 Å². The second kappa shape index (κ2) is 6.66. The van der Waals surface area contributed by atoms with Crippen LogP contribution in [0.5, 0.6) is 5.75 Å². The molecule has 0 aliphatic carbocycles. The minimum atomic E-state index is -2.83. The van der Waals surface area contributed by atoms with Crippen molar-refractivity contribution in [1.82, 2.24) is 5.32 Å². The highest BCUT2D eigenvalue weighted by Gasteiger charge is 2.03. The number of hydrogen-bond donors (Lipinski definition) is 2. The van der Waals surface area contributed by atoms with Crippen molar-refractivity contribution in [2.45, 2.75) is 6.61 Å². The summed E-state index contributed by atoms with van der Waals surface area (Å²) in [6, 6.07) is 5.97. The summed E-state index contributed by atoms with van der Waals surface area (Å²) in [5, 5.41) is 5.97. The van der Waals surface area contributed by atoms with Crippen molar-refractivity contribution in [2.24, 2.45) is 0 Å². The minimum Gasteiger partial charge on any atom is -0.435 e. The Morgan fingerprint density at radius 3 is 2.59 bits per heavy atom. The zero-order chi connectivity index (χ0) is 12.7. The first-order valence-electron chi connectivity index (χ1n) is 4.65. The highest BCUT2D eigenvalue weighted by Crippen LogP contribution is 2.17. The van der Waals surface area contributed by atoms with E-state index in [2.05, 4.69) is 21.3 Å². The van der Waals surface area contributed by atoms with Crippen LogP contribution in [0.4, 0.5) is 14.5 Å². The van der Waals surface area contributed by atoms with Crippen LogP contribution in [-0.2, 0) is 0 Å². The van der Waals surface area contributed by atoms with Crippen LogP contribution in [0.25, 0.3) is 0 Å². The predicted molar refractivity (Wildman–Crippen MR) is 66.1 cm³/mol. The monoisotopic (exact) mass is 256 g/mol. The molecule has 3 nitrogen and oxygen atoms in total. The molecule has 0 aromatic heterocycles. The normalized spacial score (nSPS) is 9.53. The lowest BCUT2D eigenvalue weighted by atomic mass is 10.3. The smallest absolute Gasteiger partial charge is 0.387 e. The molecule has 0 aliphatic heterocycles. The lowest BCUT2D eigenvalue weighted by Crippen LogP contribution is -2.28. The SMILES string of the molecule is C#CCNC(=S)Nc1ccc(OC(F)F)cc1. The first-order valence-corrected chi connectivity index (χ1v) is 5.06. The number of thiocarbonyl (C=S) groups is 1. The van der Waals surface area contributed by atoms with Gasteiger partial charge in [0.05, 0.1) is 6.54 Å². The van der Waals surface area contributed by atoms with E-state index in [0.29, 0.717) is 17.3 Å². The van der Waals surface area contributed by atoms with E-state index >= 15 is 0 Å². The Morgan fingerprint density at radius 1 is 1.41 bits per heavy atom. The van der Waals surface area contributed by atoms with Crippen molar-refractivity contribution >= 4 is 23.0 Å². The third-order valence-corrected chi connectivity index (χ3v) is 1.93. The summed E-state index contributed by atoms with van der Waals surface area (Å²) in [6.45, 7) is -2.51. The zero-order valence-electron chi connectivity index (χ0n) is 8.74. The van der Waals surface area contributed by atoms with Gasteiger partial charge in [0.25, 0.3) is 0 Å². The van der Waals surface area contributed by atoms with Crippen molar-refractivity contribution in [3.63, 3.8) is 0 Å². The summed E-state index contributed by atoms with van der Waals surface area (Å²) < 4.78 is 28.0. The molecule has 1 aromatic carbocycles. The second-order valence-corrected chi connectivity index (χ2v) is 3.32. The third kappa shape index (κ3) is 5.13. The first kappa shape index (κ1) is 13.2. The average Bonchev–Trinajstić information content (AvgIpc) is 2.28. The van der Waals surface area contributed by atoms with Gasteiger partial charge in [-0.1, -0.05) is 5.92 Å². The highest BCUT2D eigenvalue weighted by molar-refractivity contribution is 7.80. The molecule has 0 saturated carbocycles. The fourth-order valence-electron chi connectivity index (χ4n) is 1.03. The number of halogens is 2. The quantitative estimate of drug-likeness (QED) is 0.639. The van der Waals surface area contributed by atoms with Crippen LogP contribution in [0.15, 0.2) is 24.3 Å². The highest BCUT2D eigenvalue weighted by atomic mass is 32.1. The summed E-state index contributed by atoms with van der Waals surface area (Å²) in [6.07, 6.45) is 5.05. The van der Waals surface area contributed by atoms with E-state index in [0.717, 1.165) is 0 Å². The number of benzene rings is 1. The fraction of sp³-hybridized carbons (Fsp3) is 0.182. The van der Waals surface area contributed by atoms with E-state index < -0.39 is 6.61 Å². The number of anilines is 1. The molecule has 0 spiro atoms. The molecular formula is C11H10F2N2OS. The number of rotatable bonds is 4. The molecule has 6 heteroatoms. The van der Waals surface area contributed by atoms with Crippen LogP contribution in [0, 0.1) is 12.3 Å². The Balaban J connectivity index is 2.51. The number of hydrogen-bond acceptors (Lipinski definition) is 2. The van der Waals surface area contributed by atoms with Gasteiger partial charge < -0.3 is 15.4 Å². The van der Waals surface area contributed by atoms with Gasteiger partial charge in [0, 0.05) is 5.69 Å². The van der Waals surface area contributed by atoms with Crippen LogP contribution < -0.4 is 15.4 Å². The van der Waals surface area contributed by atoms with Crippen LogP contribution >= 0.6 is 12.2 Å². The summed E-state index contributed by atoms with van der Waals surface area (Å²) >= 11 is 4.94. The van der Waals surface area contributed by atoms with Gasteiger partial charge in [-0.2, -0.15) is 8.78 Å². The van der Waals surface area contributed by atoms with Gasteiger partial charge in [-0.05, 0) is 36.5 Å². The van der Waals surface area contributed by atoms with Gasteiger partial charge in [0.1, 0.15) is 5.75 Å². The Morgan fingerprint density at radius 2 is 2.06 bits per heavy atom. The van der Waals surface area contributed by atoms with Gasteiger partial charge in [-0.15, -0.1) is 6.42 Å². The lowest BCUT2D eigenvalue weighted by molar-refractivity contribution is -0.0498. The summed E-state index contributed by atoms with van der Waals surface area (Å²) in [5.41, 5.74) is 0.654. The lowest BCUT2D eigenvalue weighted by Gasteiger charge is -2.09. The van der Waals surface area contributed by atoms with Crippen molar-refractivity contribution in [2.75, 3.05) is 11.9 Å². The molecule has 0 bridgehead atoms. The second-order valence-electron chi connectivity index (χ2n) is 2.91. The number of alkyl halides is 2. The molecule has 0 unspecified atom stereocenters. The van der Waals surface area contributed by atoms with Gasteiger partial charge in [-0.3, -0.25) is 0 Å². The molecule has 1 rings (SSSR count). The average molecular weight is 256 g/mol. The number of terminal acetylenes is 1. The Hall–Kier alpha value is -1.87. The van der Waals surface area contributed by atoms with Crippen molar-refractivity contribution in [3.05, 3.63) is 24.3 Å². The molecule has 0 fully saturated rings. The molecule has 2 N–H and O–H groups in total. The van der Waals surface area contributed by atoms with Gasteiger partial charge in [0.2, 0.25) is 0 Å². The molecular weight excluding hydrogens is 246 g/mol. The molecule has 0 atom stereocenters. The largest absolute Gasteiger partial charge is 0.435 e. The van der Waals surface area contributed by atoms with Crippen LogP contribution in [0.2, 0.25) is 0 Å². The minimum absolute atomic E-state index is 0.0908. The Labute approximate surface area is 103 Å². The van der Waals surface area contributed by atoms with Crippen LogP contribution in [0.3, 0.4) is 0 Å². The van der Waals surface area contributed by atoms with Crippen LogP contribution in [0.1, 0.15) is 0 Å². The standard InChI is InChI=1S/C11H10F2N2OS/c1-2-7-14-11(17)15-8-3-5-9(6-4-8)16-10(12)13/h1,3-6,10H,7H2,(H2,14,15,17). The van der Waals surface area contributed by atoms with E-state index in [-0.39, 0.29) is 5.75 Å². The number of ether oxygens (including phenoxy) is 1. The summed E-state index contributed by atoms with van der Waals surface area (Å²) in [5.74, 6) is 2.46. The maximum Gasteiger partial charge on any atom is 0.387 e.